The summed E-state index contributed by atoms with van der Waals surface area (Å²) in [5.74, 6) is 0.909. The number of methoxy groups -OCH3 is 1. The second-order valence-corrected chi connectivity index (χ2v) is 5.44. The average Bonchev–Trinajstić information content (AvgIpc) is 2.25. The van der Waals surface area contributed by atoms with Crippen LogP contribution < -0.4 is 10.1 Å². The van der Waals surface area contributed by atoms with Gasteiger partial charge in [0.2, 0.25) is 0 Å². The third-order valence-corrected chi connectivity index (χ3v) is 2.55. The third kappa shape index (κ3) is 4.23. The van der Waals surface area contributed by atoms with E-state index in [0.29, 0.717) is 11.5 Å². The lowest BCUT2D eigenvalue weighted by atomic mass is 9.96. The Balaban J connectivity index is 2.56. The highest BCUT2D eigenvalue weighted by Gasteiger charge is 2.12. The average molecular weight is 221 g/mol. The van der Waals surface area contributed by atoms with Crippen LogP contribution >= 0.6 is 0 Å². The van der Waals surface area contributed by atoms with Gasteiger partial charge in [0.05, 0.1) is 7.11 Å². The smallest absolute Gasteiger partial charge is 0.118 e. The van der Waals surface area contributed by atoms with E-state index < -0.39 is 0 Å². The van der Waals surface area contributed by atoms with Crippen molar-refractivity contribution in [3.8, 4) is 5.75 Å². The zero-order valence-electron chi connectivity index (χ0n) is 11.0. The van der Waals surface area contributed by atoms with Crippen molar-refractivity contribution in [2.24, 2.45) is 5.41 Å². The Labute approximate surface area is 99.0 Å². The fourth-order valence-corrected chi connectivity index (χ4v) is 1.47. The molecule has 0 fully saturated rings. The van der Waals surface area contributed by atoms with Gasteiger partial charge >= 0.3 is 0 Å². The van der Waals surface area contributed by atoms with E-state index in [9.17, 15) is 0 Å². The van der Waals surface area contributed by atoms with Crippen LogP contribution in [-0.4, -0.2) is 13.7 Å². The fraction of sp³-hybridized carbons (Fsp3) is 0.571. The summed E-state index contributed by atoms with van der Waals surface area (Å²) in [4.78, 5) is 0. The van der Waals surface area contributed by atoms with Gasteiger partial charge in [-0.3, -0.25) is 0 Å². The zero-order valence-corrected chi connectivity index (χ0v) is 11.0. The SMILES string of the molecule is COc1ccc(C(C)NCC(C)(C)C)cc1. The molecule has 1 unspecified atom stereocenters. The van der Waals surface area contributed by atoms with Crippen LogP contribution in [0.3, 0.4) is 0 Å². The van der Waals surface area contributed by atoms with Crippen molar-refractivity contribution in [1.82, 2.24) is 5.32 Å². The molecule has 0 radical (unpaired) electrons. The van der Waals surface area contributed by atoms with Crippen molar-refractivity contribution in [3.05, 3.63) is 29.8 Å². The predicted molar refractivity (Wildman–Crippen MR) is 68.9 cm³/mol. The standard InChI is InChI=1S/C14H23NO/c1-11(15-10-14(2,3)4)12-6-8-13(16-5)9-7-12/h6-9,11,15H,10H2,1-5H3. The first kappa shape index (κ1) is 13.0. The highest BCUT2D eigenvalue weighted by atomic mass is 16.5. The molecule has 0 spiro atoms. The van der Waals surface area contributed by atoms with Crippen LogP contribution in [0.5, 0.6) is 5.75 Å². The van der Waals surface area contributed by atoms with Gasteiger partial charge in [0.1, 0.15) is 5.75 Å². The molecule has 1 aromatic rings. The lowest BCUT2D eigenvalue weighted by Crippen LogP contribution is -2.29. The Bertz CT molecular complexity index is 311. The second kappa shape index (κ2) is 5.35. The minimum Gasteiger partial charge on any atom is -0.497 e. The molecule has 2 nitrogen and oxygen atoms in total. The zero-order chi connectivity index (χ0) is 12.2. The van der Waals surface area contributed by atoms with Crippen molar-refractivity contribution >= 4 is 0 Å². The minimum atomic E-state index is 0.320. The number of hydrogen-bond acceptors (Lipinski definition) is 2. The van der Waals surface area contributed by atoms with Gasteiger partial charge in [-0.15, -0.1) is 0 Å². The first-order valence-electron chi connectivity index (χ1n) is 5.80. The van der Waals surface area contributed by atoms with Gasteiger partial charge in [-0.05, 0) is 30.0 Å². The Hall–Kier alpha value is -1.02. The van der Waals surface area contributed by atoms with Crippen LogP contribution in [0.1, 0.15) is 39.3 Å². The number of ether oxygens (including phenoxy) is 1. The number of benzene rings is 1. The molecular weight excluding hydrogens is 198 g/mol. The van der Waals surface area contributed by atoms with E-state index in [0.717, 1.165) is 12.3 Å². The van der Waals surface area contributed by atoms with Crippen LogP contribution in [0.25, 0.3) is 0 Å². The van der Waals surface area contributed by atoms with Gasteiger partial charge in [0.25, 0.3) is 0 Å². The molecular formula is C14H23NO. The van der Waals surface area contributed by atoms with Crippen molar-refractivity contribution in [1.29, 1.82) is 0 Å². The van der Waals surface area contributed by atoms with Gasteiger partial charge in [0.15, 0.2) is 0 Å². The Morgan fingerprint density at radius 2 is 1.75 bits per heavy atom. The lowest BCUT2D eigenvalue weighted by molar-refractivity contribution is 0.359. The summed E-state index contributed by atoms with van der Waals surface area (Å²) < 4.78 is 5.14. The van der Waals surface area contributed by atoms with E-state index in [1.165, 1.54) is 5.56 Å². The molecule has 1 atom stereocenters. The Morgan fingerprint density at radius 3 is 2.19 bits per heavy atom. The Kier molecular flexibility index (Phi) is 4.36. The molecule has 0 aromatic heterocycles. The summed E-state index contributed by atoms with van der Waals surface area (Å²) in [5.41, 5.74) is 1.62. The molecule has 0 amide bonds. The number of rotatable bonds is 4. The van der Waals surface area contributed by atoms with Gasteiger partial charge in [0, 0.05) is 12.6 Å². The molecule has 0 heterocycles. The van der Waals surface area contributed by atoms with Gasteiger partial charge in [-0.25, -0.2) is 0 Å². The molecule has 90 valence electrons. The second-order valence-electron chi connectivity index (χ2n) is 5.44. The van der Waals surface area contributed by atoms with E-state index in [1.807, 2.05) is 12.1 Å². The van der Waals surface area contributed by atoms with Gasteiger partial charge in [-0.1, -0.05) is 32.9 Å². The fourth-order valence-electron chi connectivity index (χ4n) is 1.47. The summed E-state index contributed by atoms with van der Waals surface area (Å²) in [5, 5.41) is 3.54. The van der Waals surface area contributed by atoms with E-state index in [1.54, 1.807) is 7.11 Å². The quantitative estimate of drug-likeness (QED) is 0.841. The van der Waals surface area contributed by atoms with Crippen LogP contribution in [0.2, 0.25) is 0 Å². The summed E-state index contributed by atoms with van der Waals surface area (Å²) in [7, 11) is 1.69. The molecule has 1 aromatic carbocycles. The van der Waals surface area contributed by atoms with Gasteiger partial charge in [-0.2, -0.15) is 0 Å². The molecule has 16 heavy (non-hydrogen) atoms. The summed E-state index contributed by atoms with van der Waals surface area (Å²) in [6.45, 7) is 9.91. The third-order valence-electron chi connectivity index (χ3n) is 2.55. The lowest BCUT2D eigenvalue weighted by Gasteiger charge is -2.23. The van der Waals surface area contributed by atoms with E-state index in [-0.39, 0.29) is 0 Å². The molecule has 0 bridgehead atoms. The monoisotopic (exact) mass is 221 g/mol. The predicted octanol–water partition coefficient (Wildman–Crippen LogP) is 3.39. The minimum absolute atomic E-state index is 0.320. The van der Waals surface area contributed by atoms with Crippen molar-refractivity contribution in [2.75, 3.05) is 13.7 Å². The van der Waals surface area contributed by atoms with Crippen LogP contribution in [0.4, 0.5) is 0 Å². The van der Waals surface area contributed by atoms with Crippen LogP contribution in [0, 0.1) is 5.41 Å². The number of hydrogen-bond donors (Lipinski definition) is 1. The first-order valence-corrected chi connectivity index (χ1v) is 5.80. The van der Waals surface area contributed by atoms with Gasteiger partial charge < -0.3 is 10.1 Å². The maximum absolute atomic E-state index is 5.14. The topological polar surface area (TPSA) is 21.3 Å². The number of nitrogens with one attached hydrogen (secondary N) is 1. The molecule has 0 saturated carbocycles. The van der Waals surface area contributed by atoms with E-state index in [2.05, 4.69) is 45.1 Å². The maximum Gasteiger partial charge on any atom is 0.118 e. The van der Waals surface area contributed by atoms with Crippen molar-refractivity contribution in [3.63, 3.8) is 0 Å². The summed E-state index contributed by atoms with van der Waals surface area (Å²) in [6, 6.07) is 8.61. The molecule has 0 aliphatic rings. The summed E-state index contributed by atoms with van der Waals surface area (Å²) in [6.07, 6.45) is 0. The van der Waals surface area contributed by atoms with Crippen molar-refractivity contribution in [2.45, 2.75) is 33.7 Å². The Morgan fingerprint density at radius 1 is 1.19 bits per heavy atom. The largest absolute Gasteiger partial charge is 0.497 e. The normalized spacial score (nSPS) is 13.6. The van der Waals surface area contributed by atoms with Crippen LogP contribution in [-0.2, 0) is 0 Å². The highest BCUT2D eigenvalue weighted by Crippen LogP contribution is 2.19. The maximum atomic E-state index is 5.14. The molecule has 1 rings (SSSR count). The highest BCUT2D eigenvalue weighted by molar-refractivity contribution is 5.28. The van der Waals surface area contributed by atoms with Crippen LogP contribution in [0.15, 0.2) is 24.3 Å². The first-order chi connectivity index (χ1) is 7.42. The molecule has 0 saturated heterocycles. The van der Waals surface area contributed by atoms with E-state index in [4.69, 9.17) is 4.74 Å². The van der Waals surface area contributed by atoms with Crippen molar-refractivity contribution < 1.29 is 4.74 Å². The van der Waals surface area contributed by atoms with E-state index >= 15 is 0 Å². The molecule has 1 N–H and O–H groups in total. The molecule has 0 aliphatic carbocycles. The summed E-state index contributed by atoms with van der Waals surface area (Å²) >= 11 is 0. The molecule has 0 aliphatic heterocycles. The molecule has 2 heteroatoms.